The highest BCUT2D eigenvalue weighted by Crippen LogP contribution is 2.25. The lowest BCUT2D eigenvalue weighted by Gasteiger charge is -2.22. The highest BCUT2D eigenvalue weighted by Gasteiger charge is 2.23. The molecule has 1 rings (SSSR count). The number of aliphatic hydroxyl groups is 1. The number of hydrogen-bond donors (Lipinski definition) is 1. The first kappa shape index (κ1) is 11.6. The first-order chi connectivity index (χ1) is 6.79. The fourth-order valence-electron chi connectivity index (χ4n) is 1.93. The van der Waals surface area contributed by atoms with Gasteiger partial charge in [-0.1, -0.05) is 33.1 Å². The second-order valence-corrected chi connectivity index (χ2v) is 4.00. The van der Waals surface area contributed by atoms with Gasteiger partial charge in [0, 0.05) is 6.42 Å². The van der Waals surface area contributed by atoms with Gasteiger partial charge in [-0.05, 0) is 18.4 Å². The maximum Gasteiger partial charge on any atom is 0.121 e. The smallest absolute Gasteiger partial charge is 0.121 e. The lowest BCUT2D eigenvalue weighted by molar-refractivity contribution is 0.0681. The summed E-state index contributed by atoms with van der Waals surface area (Å²) in [5.41, 5.74) is 0. The Morgan fingerprint density at radius 1 is 1.50 bits per heavy atom. The summed E-state index contributed by atoms with van der Waals surface area (Å²) in [6, 6.07) is 0. The molecule has 2 heteroatoms. The molecule has 0 bridgehead atoms. The van der Waals surface area contributed by atoms with Gasteiger partial charge in [-0.2, -0.15) is 0 Å². The minimum absolute atomic E-state index is 0.367. The number of aliphatic hydroxyl groups excluding tert-OH is 1. The quantitative estimate of drug-likeness (QED) is 0.711. The highest BCUT2D eigenvalue weighted by molar-refractivity contribution is 5.05. The molecule has 2 atom stereocenters. The lowest BCUT2D eigenvalue weighted by atomic mass is 9.92. The molecule has 0 aromatic carbocycles. The normalized spacial score (nSPS) is 20.1. The van der Waals surface area contributed by atoms with Crippen molar-refractivity contribution in [3.8, 4) is 0 Å². The highest BCUT2D eigenvalue weighted by atomic mass is 16.5. The first-order valence-electron chi connectivity index (χ1n) is 5.80. The second-order valence-electron chi connectivity index (χ2n) is 4.00. The molecule has 1 heterocycles. The van der Waals surface area contributed by atoms with Gasteiger partial charge >= 0.3 is 0 Å². The summed E-state index contributed by atoms with van der Waals surface area (Å²) in [4.78, 5) is 0. The van der Waals surface area contributed by atoms with Crippen LogP contribution in [0.1, 0.15) is 46.0 Å². The molecule has 1 aliphatic heterocycles. The first-order valence-corrected chi connectivity index (χ1v) is 5.80. The van der Waals surface area contributed by atoms with Crippen molar-refractivity contribution < 1.29 is 9.84 Å². The van der Waals surface area contributed by atoms with Crippen molar-refractivity contribution in [1.82, 2.24) is 0 Å². The zero-order valence-corrected chi connectivity index (χ0v) is 9.33. The van der Waals surface area contributed by atoms with Gasteiger partial charge in [0.15, 0.2) is 0 Å². The van der Waals surface area contributed by atoms with Gasteiger partial charge in [-0.25, -0.2) is 0 Å². The van der Waals surface area contributed by atoms with E-state index in [1.807, 2.05) is 6.08 Å². The Kier molecular flexibility index (Phi) is 5.02. The average molecular weight is 198 g/mol. The Hall–Kier alpha value is -0.500. The van der Waals surface area contributed by atoms with Crippen molar-refractivity contribution in [3.63, 3.8) is 0 Å². The summed E-state index contributed by atoms with van der Waals surface area (Å²) in [6.07, 6.45) is 7.15. The Bertz CT molecular complexity index is 187. The van der Waals surface area contributed by atoms with Crippen LogP contribution in [-0.2, 0) is 4.74 Å². The summed E-state index contributed by atoms with van der Waals surface area (Å²) in [7, 11) is 0. The predicted molar refractivity (Wildman–Crippen MR) is 58.0 cm³/mol. The zero-order valence-electron chi connectivity index (χ0n) is 9.33. The minimum Gasteiger partial charge on any atom is -0.495 e. The van der Waals surface area contributed by atoms with Crippen LogP contribution in [0.3, 0.4) is 0 Å². The molecule has 0 radical (unpaired) electrons. The topological polar surface area (TPSA) is 29.5 Å². The lowest BCUT2D eigenvalue weighted by Crippen LogP contribution is -2.22. The molecule has 14 heavy (non-hydrogen) atoms. The summed E-state index contributed by atoms with van der Waals surface area (Å²) < 4.78 is 5.39. The summed E-state index contributed by atoms with van der Waals surface area (Å²) in [6.45, 7) is 5.07. The van der Waals surface area contributed by atoms with Crippen LogP contribution in [0.25, 0.3) is 0 Å². The van der Waals surface area contributed by atoms with Crippen molar-refractivity contribution in [3.05, 3.63) is 11.8 Å². The Labute approximate surface area is 87.0 Å². The molecule has 2 unspecified atom stereocenters. The number of rotatable bonds is 6. The SMILES string of the molecule is CCCCC(CC)C(O)C1=CCCO1. The van der Waals surface area contributed by atoms with Crippen molar-refractivity contribution in [1.29, 1.82) is 0 Å². The minimum atomic E-state index is -0.367. The van der Waals surface area contributed by atoms with Crippen molar-refractivity contribution >= 4 is 0 Å². The maximum absolute atomic E-state index is 10.0. The van der Waals surface area contributed by atoms with Crippen molar-refractivity contribution in [2.45, 2.75) is 52.1 Å². The van der Waals surface area contributed by atoms with E-state index in [1.54, 1.807) is 0 Å². The van der Waals surface area contributed by atoms with E-state index in [-0.39, 0.29) is 6.10 Å². The van der Waals surface area contributed by atoms with Gasteiger partial charge in [-0.15, -0.1) is 0 Å². The van der Waals surface area contributed by atoms with Crippen LogP contribution in [0.5, 0.6) is 0 Å². The molecule has 0 aliphatic carbocycles. The molecule has 0 saturated heterocycles. The molecule has 0 amide bonds. The van der Waals surface area contributed by atoms with Gasteiger partial charge in [0.2, 0.25) is 0 Å². The fourth-order valence-corrected chi connectivity index (χ4v) is 1.93. The predicted octanol–water partition coefficient (Wildman–Crippen LogP) is 2.87. The van der Waals surface area contributed by atoms with Crippen LogP contribution in [0.15, 0.2) is 11.8 Å². The van der Waals surface area contributed by atoms with E-state index in [4.69, 9.17) is 4.74 Å². The van der Waals surface area contributed by atoms with E-state index in [1.165, 1.54) is 12.8 Å². The van der Waals surface area contributed by atoms with E-state index in [0.29, 0.717) is 5.92 Å². The van der Waals surface area contributed by atoms with Crippen LogP contribution in [0.4, 0.5) is 0 Å². The Morgan fingerprint density at radius 2 is 2.29 bits per heavy atom. The molecule has 0 aromatic rings. The van der Waals surface area contributed by atoms with E-state index < -0.39 is 0 Å². The number of unbranched alkanes of at least 4 members (excludes halogenated alkanes) is 1. The second kappa shape index (κ2) is 6.07. The molecule has 82 valence electrons. The van der Waals surface area contributed by atoms with Crippen molar-refractivity contribution in [2.24, 2.45) is 5.92 Å². The van der Waals surface area contributed by atoms with E-state index in [9.17, 15) is 5.11 Å². The summed E-state index contributed by atoms with van der Waals surface area (Å²) in [5.74, 6) is 1.19. The van der Waals surface area contributed by atoms with E-state index in [2.05, 4.69) is 13.8 Å². The van der Waals surface area contributed by atoms with Gasteiger partial charge in [-0.3, -0.25) is 0 Å². The molecule has 1 aliphatic rings. The van der Waals surface area contributed by atoms with Gasteiger partial charge < -0.3 is 9.84 Å². The number of hydrogen-bond acceptors (Lipinski definition) is 2. The van der Waals surface area contributed by atoms with Crippen LogP contribution in [0, 0.1) is 5.92 Å². The molecule has 0 spiro atoms. The van der Waals surface area contributed by atoms with Crippen LogP contribution < -0.4 is 0 Å². The molecule has 1 N–H and O–H groups in total. The fraction of sp³-hybridized carbons (Fsp3) is 0.833. The standard InChI is InChI=1S/C12H22O2/c1-3-5-7-10(4-2)12(13)11-8-6-9-14-11/h8,10,12-13H,3-7,9H2,1-2H3. The molecular weight excluding hydrogens is 176 g/mol. The van der Waals surface area contributed by atoms with Gasteiger partial charge in [0.1, 0.15) is 11.9 Å². The van der Waals surface area contributed by atoms with E-state index >= 15 is 0 Å². The average Bonchev–Trinajstić information content (AvgIpc) is 2.71. The zero-order chi connectivity index (χ0) is 10.4. The van der Waals surface area contributed by atoms with Crippen LogP contribution >= 0.6 is 0 Å². The molecule has 0 saturated carbocycles. The molecule has 2 nitrogen and oxygen atoms in total. The summed E-state index contributed by atoms with van der Waals surface area (Å²) in [5, 5.41) is 10.0. The third-order valence-electron chi connectivity index (χ3n) is 2.92. The van der Waals surface area contributed by atoms with E-state index in [0.717, 1.165) is 31.6 Å². The Morgan fingerprint density at radius 3 is 2.79 bits per heavy atom. The van der Waals surface area contributed by atoms with Gasteiger partial charge in [0.05, 0.1) is 6.61 Å². The molecule has 0 fully saturated rings. The van der Waals surface area contributed by atoms with Gasteiger partial charge in [0.25, 0.3) is 0 Å². The summed E-state index contributed by atoms with van der Waals surface area (Å²) >= 11 is 0. The third-order valence-corrected chi connectivity index (χ3v) is 2.92. The monoisotopic (exact) mass is 198 g/mol. The van der Waals surface area contributed by atoms with Crippen molar-refractivity contribution in [2.75, 3.05) is 6.61 Å². The molecular formula is C12H22O2. The Balaban J connectivity index is 2.41. The third kappa shape index (κ3) is 3.02. The number of ether oxygens (including phenoxy) is 1. The van der Waals surface area contributed by atoms with Crippen LogP contribution in [-0.4, -0.2) is 17.8 Å². The largest absolute Gasteiger partial charge is 0.495 e. The molecule has 0 aromatic heterocycles. The van der Waals surface area contributed by atoms with Crippen LogP contribution in [0.2, 0.25) is 0 Å². The maximum atomic E-state index is 10.0.